The smallest absolute Gasteiger partial charge is 0.416 e. The first-order chi connectivity index (χ1) is 10.9. The van der Waals surface area contributed by atoms with Crippen LogP contribution in [0, 0.1) is 6.92 Å². The van der Waals surface area contributed by atoms with Crippen LogP contribution in [0.4, 0.5) is 13.2 Å². The maximum atomic E-state index is 12.6. The van der Waals surface area contributed by atoms with E-state index in [-0.39, 0.29) is 0 Å². The summed E-state index contributed by atoms with van der Waals surface area (Å²) in [5.41, 5.74) is 0.957. The number of hydrogen-bond donors (Lipinski definition) is 0. The molecule has 2 aromatic carbocycles. The fourth-order valence-corrected chi connectivity index (χ4v) is 2.05. The van der Waals surface area contributed by atoms with Gasteiger partial charge in [0.05, 0.1) is 23.6 Å². The number of alkyl halides is 3. The van der Waals surface area contributed by atoms with Crippen LogP contribution in [0.15, 0.2) is 60.9 Å². The predicted molar refractivity (Wildman–Crippen MR) is 79.8 cm³/mol. The van der Waals surface area contributed by atoms with E-state index in [2.05, 4.69) is 5.10 Å². The monoisotopic (exact) mass is 318 g/mol. The Hall–Kier alpha value is -2.76. The minimum atomic E-state index is -4.34. The highest BCUT2D eigenvalue weighted by Gasteiger charge is 2.30. The molecule has 3 aromatic rings. The number of aryl methyl sites for hydroxylation is 1. The van der Waals surface area contributed by atoms with Gasteiger partial charge < -0.3 is 4.74 Å². The van der Waals surface area contributed by atoms with Crippen LogP contribution >= 0.6 is 0 Å². The topological polar surface area (TPSA) is 27.1 Å². The first-order valence-corrected chi connectivity index (χ1v) is 6.89. The largest absolute Gasteiger partial charge is 0.454 e. The summed E-state index contributed by atoms with van der Waals surface area (Å²) in [6.45, 7) is 1.98. The van der Waals surface area contributed by atoms with Crippen molar-refractivity contribution in [1.29, 1.82) is 0 Å². The molecule has 0 radical (unpaired) electrons. The lowest BCUT2D eigenvalue weighted by atomic mass is 10.2. The number of rotatable bonds is 3. The van der Waals surface area contributed by atoms with E-state index in [4.69, 9.17) is 4.74 Å². The molecule has 0 saturated heterocycles. The van der Waals surface area contributed by atoms with Crippen LogP contribution in [0.2, 0.25) is 0 Å². The second-order valence-corrected chi connectivity index (χ2v) is 5.08. The quantitative estimate of drug-likeness (QED) is 0.680. The highest BCUT2D eigenvalue weighted by atomic mass is 19.4. The normalized spacial score (nSPS) is 11.5. The van der Waals surface area contributed by atoms with E-state index in [0.717, 1.165) is 17.7 Å². The summed E-state index contributed by atoms with van der Waals surface area (Å²) in [5, 5.41) is 4.10. The molecule has 3 nitrogen and oxygen atoms in total. The molecule has 0 N–H and O–H groups in total. The lowest BCUT2D eigenvalue weighted by Gasteiger charge is -2.07. The average molecular weight is 318 g/mol. The van der Waals surface area contributed by atoms with Gasteiger partial charge in [-0.05, 0) is 43.3 Å². The molecule has 0 spiro atoms. The molecule has 0 fully saturated rings. The van der Waals surface area contributed by atoms with Gasteiger partial charge in [0.1, 0.15) is 5.75 Å². The van der Waals surface area contributed by atoms with E-state index < -0.39 is 11.7 Å². The van der Waals surface area contributed by atoms with Gasteiger partial charge in [-0.25, -0.2) is 4.68 Å². The van der Waals surface area contributed by atoms with Gasteiger partial charge in [0.15, 0.2) is 5.75 Å². The molecule has 23 heavy (non-hydrogen) atoms. The zero-order chi connectivity index (χ0) is 16.4. The van der Waals surface area contributed by atoms with E-state index in [0.29, 0.717) is 17.2 Å². The molecule has 0 saturated carbocycles. The van der Waals surface area contributed by atoms with Crippen molar-refractivity contribution in [3.63, 3.8) is 0 Å². The van der Waals surface area contributed by atoms with Crippen LogP contribution in [-0.2, 0) is 6.18 Å². The van der Waals surface area contributed by atoms with Crippen molar-refractivity contribution in [3.05, 3.63) is 72.1 Å². The fraction of sp³-hybridized carbons (Fsp3) is 0.118. The minimum absolute atomic E-state index is 0.508. The van der Waals surface area contributed by atoms with Crippen molar-refractivity contribution in [1.82, 2.24) is 9.78 Å². The molecule has 0 aliphatic heterocycles. The van der Waals surface area contributed by atoms with Crippen molar-refractivity contribution in [3.8, 4) is 17.2 Å². The highest BCUT2D eigenvalue weighted by Crippen LogP contribution is 2.30. The predicted octanol–water partition coefficient (Wildman–Crippen LogP) is 4.99. The third-order valence-corrected chi connectivity index (χ3v) is 3.27. The van der Waals surface area contributed by atoms with Gasteiger partial charge in [-0.3, -0.25) is 0 Å². The molecular weight excluding hydrogens is 305 g/mol. The summed E-state index contributed by atoms with van der Waals surface area (Å²) in [7, 11) is 0. The Bertz CT molecular complexity index is 790. The van der Waals surface area contributed by atoms with Crippen LogP contribution in [0.3, 0.4) is 0 Å². The molecule has 6 heteroatoms. The molecular formula is C17H13F3N2O. The Morgan fingerprint density at radius 2 is 1.57 bits per heavy atom. The average Bonchev–Trinajstić information content (AvgIpc) is 2.97. The lowest BCUT2D eigenvalue weighted by molar-refractivity contribution is -0.137. The Morgan fingerprint density at radius 3 is 2.17 bits per heavy atom. The van der Waals surface area contributed by atoms with Crippen molar-refractivity contribution < 1.29 is 17.9 Å². The Morgan fingerprint density at radius 1 is 0.913 bits per heavy atom. The van der Waals surface area contributed by atoms with E-state index in [1.165, 1.54) is 23.0 Å². The third kappa shape index (κ3) is 3.53. The maximum Gasteiger partial charge on any atom is 0.416 e. The van der Waals surface area contributed by atoms with Crippen molar-refractivity contribution in [2.24, 2.45) is 0 Å². The fourth-order valence-electron chi connectivity index (χ4n) is 2.05. The van der Waals surface area contributed by atoms with Gasteiger partial charge in [-0.2, -0.15) is 18.3 Å². The maximum absolute atomic E-state index is 12.6. The molecule has 118 valence electrons. The van der Waals surface area contributed by atoms with Gasteiger partial charge >= 0.3 is 6.18 Å². The van der Waals surface area contributed by atoms with Crippen LogP contribution in [-0.4, -0.2) is 9.78 Å². The summed E-state index contributed by atoms with van der Waals surface area (Å²) in [4.78, 5) is 0. The first-order valence-electron chi connectivity index (χ1n) is 6.89. The highest BCUT2D eigenvalue weighted by molar-refractivity contribution is 5.37. The van der Waals surface area contributed by atoms with Crippen LogP contribution in [0.5, 0.6) is 11.5 Å². The number of benzene rings is 2. The summed E-state index contributed by atoms with van der Waals surface area (Å²) >= 11 is 0. The summed E-state index contributed by atoms with van der Waals surface area (Å²) in [5.74, 6) is 1.18. The molecule has 1 aromatic heterocycles. The van der Waals surface area contributed by atoms with Crippen LogP contribution < -0.4 is 4.74 Å². The number of hydrogen-bond acceptors (Lipinski definition) is 2. The van der Waals surface area contributed by atoms with Gasteiger partial charge in [0.2, 0.25) is 0 Å². The SMILES string of the molecule is Cc1ccc(Oc2cnn(-c3ccc(C(F)(F)F)cc3)c2)cc1. The molecule has 0 unspecified atom stereocenters. The second-order valence-electron chi connectivity index (χ2n) is 5.08. The molecule has 0 atom stereocenters. The third-order valence-electron chi connectivity index (χ3n) is 3.27. The number of nitrogens with zero attached hydrogens (tertiary/aromatic N) is 2. The first kappa shape index (κ1) is 15.1. The van der Waals surface area contributed by atoms with Crippen molar-refractivity contribution >= 4 is 0 Å². The Balaban J connectivity index is 1.77. The van der Waals surface area contributed by atoms with E-state index in [1.54, 1.807) is 6.20 Å². The second kappa shape index (κ2) is 5.79. The molecule has 0 bridgehead atoms. The molecule has 3 rings (SSSR count). The zero-order valence-corrected chi connectivity index (χ0v) is 12.2. The summed E-state index contributed by atoms with van der Waals surface area (Å²) < 4.78 is 44.8. The minimum Gasteiger partial charge on any atom is -0.454 e. The zero-order valence-electron chi connectivity index (χ0n) is 12.2. The lowest BCUT2D eigenvalue weighted by Crippen LogP contribution is -2.05. The molecule has 0 aliphatic carbocycles. The molecule has 0 amide bonds. The number of halogens is 3. The van der Waals surface area contributed by atoms with Crippen molar-refractivity contribution in [2.45, 2.75) is 13.1 Å². The van der Waals surface area contributed by atoms with E-state index >= 15 is 0 Å². The molecule has 1 heterocycles. The van der Waals surface area contributed by atoms with Crippen molar-refractivity contribution in [2.75, 3.05) is 0 Å². The Labute approximate surface area is 130 Å². The van der Waals surface area contributed by atoms with Gasteiger partial charge in [-0.1, -0.05) is 17.7 Å². The van der Waals surface area contributed by atoms with Gasteiger partial charge in [0, 0.05) is 0 Å². The Kier molecular flexibility index (Phi) is 3.82. The van der Waals surface area contributed by atoms with Gasteiger partial charge in [0.25, 0.3) is 0 Å². The van der Waals surface area contributed by atoms with Crippen LogP contribution in [0.25, 0.3) is 5.69 Å². The standard InChI is InChI=1S/C17H13F3N2O/c1-12-2-8-15(9-3-12)23-16-10-21-22(11-16)14-6-4-13(5-7-14)17(18,19)20/h2-11H,1H3. The summed E-state index contributed by atoms with van der Waals surface area (Å²) in [6, 6.07) is 12.3. The van der Waals surface area contributed by atoms with Gasteiger partial charge in [-0.15, -0.1) is 0 Å². The summed E-state index contributed by atoms with van der Waals surface area (Å²) in [6.07, 6.45) is -1.22. The van der Waals surface area contributed by atoms with E-state index in [9.17, 15) is 13.2 Å². The number of aromatic nitrogens is 2. The van der Waals surface area contributed by atoms with Crippen LogP contribution in [0.1, 0.15) is 11.1 Å². The van der Waals surface area contributed by atoms with E-state index in [1.807, 2.05) is 31.2 Å². The number of ether oxygens (including phenoxy) is 1. The molecule has 0 aliphatic rings.